The number of carboxylic acid groups (broad SMARTS) is 1. The maximum atomic E-state index is 13.9. The van der Waals surface area contributed by atoms with E-state index >= 15 is 0 Å². The second kappa shape index (κ2) is 12.9. The molecule has 1 aliphatic rings. The summed E-state index contributed by atoms with van der Waals surface area (Å²) < 4.78 is 24.4. The third-order valence-corrected chi connectivity index (χ3v) is 6.46. The smallest absolute Gasteiger partial charge is 0.303 e. The maximum absolute atomic E-state index is 13.9. The fourth-order valence-electron chi connectivity index (χ4n) is 4.50. The van der Waals surface area contributed by atoms with Crippen LogP contribution in [0.4, 0.5) is 0 Å². The summed E-state index contributed by atoms with van der Waals surface area (Å²) in [6, 6.07) is 17.8. The van der Waals surface area contributed by atoms with Crippen molar-refractivity contribution in [2.75, 3.05) is 6.61 Å². The third-order valence-electron chi connectivity index (χ3n) is 6.46. The molecule has 2 aromatic carbocycles. The molecule has 0 unspecified atom stereocenters. The number of amides is 1. The summed E-state index contributed by atoms with van der Waals surface area (Å²) in [5, 5.41) is 8.80. The van der Waals surface area contributed by atoms with Gasteiger partial charge in [0.1, 0.15) is 5.75 Å². The van der Waals surface area contributed by atoms with E-state index in [2.05, 4.69) is 4.98 Å². The Morgan fingerprint density at radius 3 is 2.47 bits per heavy atom. The molecular weight excluding hydrogens is 452 g/mol. The highest BCUT2D eigenvalue weighted by molar-refractivity contribution is 5.95. The second-order valence-corrected chi connectivity index (χ2v) is 9.09. The van der Waals surface area contributed by atoms with Crippen LogP contribution in [0.2, 0.25) is 0 Å². The van der Waals surface area contributed by atoms with E-state index in [0.29, 0.717) is 42.7 Å². The minimum atomic E-state index is -2.09. The van der Waals surface area contributed by atoms with Crippen molar-refractivity contribution in [3.63, 3.8) is 0 Å². The van der Waals surface area contributed by atoms with Crippen molar-refractivity contribution in [2.24, 2.45) is 0 Å². The Bertz CT molecular complexity index is 1210. The number of ether oxygens (including phenoxy) is 1. The molecule has 4 rings (SSSR count). The van der Waals surface area contributed by atoms with Gasteiger partial charge in [-0.3, -0.25) is 14.6 Å². The fourth-order valence-corrected chi connectivity index (χ4v) is 4.50. The van der Waals surface area contributed by atoms with Gasteiger partial charge in [-0.15, -0.1) is 0 Å². The number of hydrogen-bond acceptors (Lipinski definition) is 4. The van der Waals surface area contributed by atoms with E-state index in [1.807, 2.05) is 24.3 Å². The number of carbonyl (C=O) groups is 2. The van der Waals surface area contributed by atoms with Crippen molar-refractivity contribution in [2.45, 2.75) is 63.9 Å². The molecule has 1 aromatic heterocycles. The monoisotopic (exact) mass is 488 g/mol. The van der Waals surface area contributed by atoms with Crippen LogP contribution in [0, 0.1) is 0 Å². The first-order chi connectivity index (χ1) is 18.4. The van der Waals surface area contributed by atoms with Crippen LogP contribution in [0.15, 0.2) is 73.1 Å². The molecule has 3 aromatic rings. The summed E-state index contributed by atoms with van der Waals surface area (Å²) in [6.07, 6.45) is 8.98. The van der Waals surface area contributed by atoms with Gasteiger partial charge in [-0.1, -0.05) is 49.2 Å². The van der Waals surface area contributed by atoms with E-state index in [4.69, 9.17) is 9.84 Å². The molecule has 0 saturated heterocycles. The number of rotatable bonds is 12. The lowest BCUT2D eigenvalue weighted by molar-refractivity contribution is -0.137. The van der Waals surface area contributed by atoms with E-state index in [0.717, 1.165) is 36.8 Å². The van der Waals surface area contributed by atoms with E-state index in [1.165, 1.54) is 4.90 Å². The Morgan fingerprint density at radius 1 is 0.972 bits per heavy atom. The number of carboxylic acids is 1. The van der Waals surface area contributed by atoms with Gasteiger partial charge in [0.05, 0.1) is 9.35 Å². The number of para-hydroxylation sites is 1. The Kier molecular flexibility index (Phi) is 8.14. The number of pyridine rings is 1. The average Bonchev–Trinajstić information content (AvgIpc) is 3.45. The Balaban J connectivity index is 1.55. The first kappa shape index (κ1) is 22.8. The third kappa shape index (κ3) is 6.94. The number of carbonyl (C=O) groups excluding carboxylic acids is 1. The molecule has 0 aliphatic heterocycles. The second-order valence-electron chi connectivity index (χ2n) is 9.09. The van der Waals surface area contributed by atoms with Gasteiger partial charge in [-0.25, -0.2) is 0 Å². The highest BCUT2D eigenvalue weighted by Crippen LogP contribution is 2.29. The number of aliphatic carboxylic acids is 1. The van der Waals surface area contributed by atoms with Crippen molar-refractivity contribution < 1.29 is 22.2 Å². The van der Waals surface area contributed by atoms with Crippen LogP contribution in [-0.4, -0.2) is 39.5 Å². The highest BCUT2D eigenvalue weighted by atomic mass is 16.5. The minimum absolute atomic E-state index is 0.126. The molecular formula is C30H34N2O4. The van der Waals surface area contributed by atoms with E-state index < -0.39 is 12.5 Å². The zero-order valence-corrected chi connectivity index (χ0v) is 20.4. The number of benzene rings is 2. The molecule has 1 fully saturated rings. The van der Waals surface area contributed by atoms with Crippen LogP contribution in [0.25, 0.3) is 11.1 Å². The molecule has 0 atom stereocenters. The standard InChI is InChI=1S/C30H34N2O4/c33-29(34)14-2-1-7-20-36-28-13-6-3-9-26(28)22-32(27-11-4-5-12-27)30(35)24-17-15-23(16-18-24)25-10-8-19-31-21-25/h3,6,8-10,13,15-19,21,27H,1-2,4-5,7,11-12,14,20,22H2,(H,33,34)/i22D2. The Morgan fingerprint density at radius 2 is 1.75 bits per heavy atom. The summed E-state index contributed by atoms with van der Waals surface area (Å²) in [6.45, 7) is -1.74. The van der Waals surface area contributed by atoms with Crippen molar-refractivity contribution >= 4 is 11.9 Å². The first-order valence-electron chi connectivity index (χ1n) is 13.7. The van der Waals surface area contributed by atoms with Crippen LogP contribution in [-0.2, 0) is 11.3 Å². The number of hydrogen-bond donors (Lipinski definition) is 1. The molecule has 188 valence electrons. The van der Waals surface area contributed by atoms with Gasteiger partial charge in [0, 0.05) is 42.5 Å². The van der Waals surface area contributed by atoms with Gasteiger partial charge in [-0.05, 0) is 67.5 Å². The van der Waals surface area contributed by atoms with Crippen molar-refractivity contribution in [3.8, 4) is 16.9 Å². The predicted molar refractivity (Wildman–Crippen MR) is 140 cm³/mol. The molecule has 36 heavy (non-hydrogen) atoms. The predicted octanol–water partition coefficient (Wildman–Crippen LogP) is 6.36. The lowest BCUT2D eigenvalue weighted by atomic mass is 10.0. The molecule has 6 heteroatoms. The molecule has 1 amide bonds. The largest absolute Gasteiger partial charge is 0.493 e. The summed E-state index contributed by atoms with van der Waals surface area (Å²) in [5.41, 5.74) is 2.64. The summed E-state index contributed by atoms with van der Waals surface area (Å²) in [4.78, 5) is 30.2. The molecule has 1 saturated carbocycles. The van der Waals surface area contributed by atoms with E-state index in [-0.39, 0.29) is 18.4 Å². The van der Waals surface area contributed by atoms with Gasteiger partial charge in [0.25, 0.3) is 5.91 Å². The quantitative estimate of drug-likeness (QED) is 0.300. The maximum Gasteiger partial charge on any atom is 0.303 e. The van der Waals surface area contributed by atoms with Crippen LogP contribution in [0.1, 0.15) is 70.0 Å². The first-order valence-corrected chi connectivity index (χ1v) is 12.7. The molecule has 0 bridgehead atoms. The summed E-state index contributed by atoms with van der Waals surface area (Å²) in [7, 11) is 0. The van der Waals surface area contributed by atoms with E-state index in [9.17, 15) is 12.3 Å². The fraction of sp³-hybridized carbons (Fsp3) is 0.367. The topological polar surface area (TPSA) is 79.7 Å². The lowest BCUT2D eigenvalue weighted by Crippen LogP contribution is -2.38. The Labute approximate surface area is 215 Å². The lowest BCUT2D eigenvalue weighted by Gasteiger charge is -2.30. The van der Waals surface area contributed by atoms with Gasteiger partial charge in [0.15, 0.2) is 0 Å². The normalized spacial score (nSPS) is 14.7. The van der Waals surface area contributed by atoms with Crippen LogP contribution in [0.5, 0.6) is 5.75 Å². The zero-order valence-electron chi connectivity index (χ0n) is 22.4. The van der Waals surface area contributed by atoms with Crippen LogP contribution in [0.3, 0.4) is 0 Å². The molecule has 1 aliphatic carbocycles. The zero-order chi connectivity index (χ0) is 27.0. The van der Waals surface area contributed by atoms with Gasteiger partial charge >= 0.3 is 5.97 Å². The van der Waals surface area contributed by atoms with E-state index in [1.54, 1.807) is 48.8 Å². The molecule has 1 heterocycles. The van der Waals surface area contributed by atoms with Crippen molar-refractivity contribution in [3.05, 3.63) is 84.2 Å². The Hall–Kier alpha value is -3.67. The number of unbranched alkanes of at least 4 members (excludes halogenated alkanes) is 2. The van der Waals surface area contributed by atoms with Crippen LogP contribution >= 0.6 is 0 Å². The molecule has 0 spiro atoms. The minimum Gasteiger partial charge on any atom is -0.493 e. The highest BCUT2D eigenvalue weighted by Gasteiger charge is 2.28. The van der Waals surface area contributed by atoms with Crippen molar-refractivity contribution in [1.29, 1.82) is 0 Å². The number of aromatic nitrogens is 1. The van der Waals surface area contributed by atoms with Gasteiger partial charge in [0.2, 0.25) is 0 Å². The molecule has 6 nitrogen and oxygen atoms in total. The van der Waals surface area contributed by atoms with Crippen LogP contribution < -0.4 is 4.74 Å². The summed E-state index contributed by atoms with van der Waals surface area (Å²) in [5.74, 6) is -0.755. The summed E-state index contributed by atoms with van der Waals surface area (Å²) >= 11 is 0. The number of nitrogens with zero attached hydrogens (tertiary/aromatic N) is 2. The average molecular weight is 489 g/mol. The molecule has 0 radical (unpaired) electrons. The van der Waals surface area contributed by atoms with Gasteiger partial charge < -0.3 is 14.7 Å². The SMILES string of the molecule is [2H]C([2H])(c1ccccc1OCCCCCC(=O)O)N(C(=O)c1ccc(-c2cccnc2)cc1)C1CCCC1. The molecule has 1 N–H and O–H groups in total. The van der Waals surface area contributed by atoms with Gasteiger partial charge in [-0.2, -0.15) is 0 Å². The van der Waals surface area contributed by atoms with Crippen molar-refractivity contribution in [1.82, 2.24) is 9.88 Å².